The van der Waals surface area contributed by atoms with Gasteiger partial charge in [0.1, 0.15) is 5.52 Å². The van der Waals surface area contributed by atoms with Gasteiger partial charge < -0.3 is 14.2 Å². The van der Waals surface area contributed by atoms with Crippen molar-refractivity contribution in [1.82, 2.24) is 19.7 Å². The lowest BCUT2D eigenvalue weighted by Gasteiger charge is -2.35. The topological polar surface area (TPSA) is 69.9 Å². The zero-order valence-corrected chi connectivity index (χ0v) is 20.0. The number of hydrogen-bond donors (Lipinski definition) is 0. The van der Waals surface area contributed by atoms with Crippen LogP contribution in [0.3, 0.4) is 0 Å². The third kappa shape index (κ3) is 5.57. The lowest BCUT2D eigenvalue weighted by molar-refractivity contribution is -0.132. The van der Waals surface area contributed by atoms with Gasteiger partial charge in [-0.2, -0.15) is 0 Å². The van der Waals surface area contributed by atoms with Crippen LogP contribution in [-0.2, 0) is 10.5 Å². The molecule has 3 aromatic rings. The Morgan fingerprint density at radius 1 is 1.00 bits per heavy atom. The summed E-state index contributed by atoms with van der Waals surface area (Å²) in [6, 6.07) is 15.4. The summed E-state index contributed by atoms with van der Waals surface area (Å²) in [7, 11) is 0. The van der Waals surface area contributed by atoms with E-state index in [1.54, 1.807) is 0 Å². The van der Waals surface area contributed by atoms with Gasteiger partial charge in [0.05, 0.1) is 6.54 Å². The van der Waals surface area contributed by atoms with Gasteiger partial charge in [-0.15, -0.1) is 0 Å². The highest BCUT2D eigenvalue weighted by Gasteiger charge is 2.25. The van der Waals surface area contributed by atoms with Crippen molar-refractivity contribution >= 4 is 34.7 Å². The van der Waals surface area contributed by atoms with Gasteiger partial charge in [-0.25, -0.2) is 4.98 Å². The first-order chi connectivity index (χ1) is 16.1. The number of carbonyl (C=O) groups excluding carboxylic acids is 2. The van der Waals surface area contributed by atoms with Crippen molar-refractivity contribution in [3.05, 3.63) is 59.7 Å². The van der Waals surface area contributed by atoms with Gasteiger partial charge in [0.2, 0.25) is 5.91 Å². The van der Waals surface area contributed by atoms with E-state index in [1.165, 1.54) is 11.8 Å². The minimum absolute atomic E-state index is 0.0403. The van der Waals surface area contributed by atoms with Gasteiger partial charge in [-0.3, -0.25) is 14.5 Å². The predicted octanol–water partition coefficient (Wildman–Crippen LogP) is 3.75. The van der Waals surface area contributed by atoms with Gasteiger partial charge in [0.25, 0.3) is 11.1 Å². The van der Waals surface area contributed by atoms with Gasteiger partial charge >= 0.3 is 0 Å². The Morgan fingerprint density at radius 2 is 1.70 bits per heavy atom. The number of carbonyl (C=O) groups is 2. The molecule has 2 amide bonds. The summed E-state index contributed by atoms with van der Waals surface area (Å²) in [6.07, 6.45) is 0. The fourth-order valence-corrected chi connectivity index (χ4v) is 4.90. The molecule has 0 aliphatic carbocycles. The number of piperazine rings is 1. The number of benzene rings is 2. The van der Waals surface area contributed by atoms with Gasteiger partial charge in [-0.05, 0) is 37.6 Å². The Kier molecular flexibility index (Phi) is 7.67. The molecule has 1 saturated heterocycles. The van der Waals surface area contributed by atoms with E-state index >= 15 is 0 Å². The molecule has 0 atom stereocenters. The molecule has 0 bridgehead atoms. The maximum atomic E-state index is 13.3. The second-order valence-electron chi connectivity index (χ2n) is 8.03. The number of nitrogens with zero attached hydrogens (tertiary/aromatic N) is 4. The molecule has 1 aliphatic heterocycles. The molecule has 2 heterocycles. The standard InChI is InChI=1S/C25H30N4O3S/c1-3-28(4-2)23(30)17-27-13-15-29(16-14-27)24(31)20-10-6-5-9-19(20)18-33-25-26-21-11-7-8-12-22(21)32-25/h5-12H,3-4,13-18H2,1-2H3. The lowest BCUT2D eigenvalue weighted by atomic mass is 10.1. The summed E-state index contributed by atoms with van der Waals surface area (Å²) < 4.78 is 5.80. The summed E-state index contributed by atoms with van der Waals surface area (Å²) in [6.45, 7) is 8.53. The first-order valence-electron chi connectivity index (χ1n) is 11.4. The molecule has 33 heavy (non-hydrogen) atoms. The minimum atomic E-state index is 0.0403. The number of para-hydroxylation sites is 2. The molecule has 8 heteroatoms. The number of aromatic nitrogens is 1. The number of rotatable bonds is 8. The number of hydrogen-bond acceptors (Lipinski definition) is 6. The number of oxazole rings is 1. The molecule has 1 aliphatic rings. The Labute approximate surface area is 198 Å². The fraction of sp³-hybridized carbons (Fsp3) is 0.400. The zero-order chi connectivity index (χ0) is 23.2. The van der Waals surface area contributed by atoms with E-state index in [4.69, 9.17) is 4.42 Å². The molecule has 0 saturated carbocycles. The van der Waals surface area contributed by atoms with Crippen LogP contribution in [0.1, 0.15) is 29.8 Å². The quantitative estimate of drug-likeness (QED) is 0.471. The molecule has 1 fully saturated rings. The smallest absolute Gasteiger partial charge is 0.257 e. The van der Waals surface area contributed by atoms with E-state index in [2.05, 4.69) is 9.88 Å². The highest BCUT2D eigenvalue weighted by Crippen LogP contribution is 2.27. The van der Waals surface area contributed by atoms with Crippen LogP contribution in [-0.4, -0.2) is 77.3 Å². The summed E-state index contributed by atoms with van der Waals surface area (Å²) in [4.78, 5) is 36.1. The van der Waals surface area contributed by atoms with Crippen molar-refractivity contribution in [2.24, 2.45) is 0 Å². The lowest BCUT2D eigenvalue weighted by Crippen LogP contribution is -2.51. The minimum Gasteiger partial charge on any atom is -0.431 e. The third-order valence-electron chi connectivity index (χ3n) is 6.01. The Bertz CT molecular complexity index is 1070. The second kappa shape index (κ2) is 10.9. The Hall–Kier alpha value is -2.84. The monoisotopic (exact) mass is 466 g/mol. The van der Waals surface area contributed by atoms with Crippen molar-refractivity contribution in [2.75, 3.05) is 45.8 Å². The fourth-order valence-electron chi connectivity index (χ4n) is 4.05. The summed E-state index contributed by atoms with van der Waals surface area (Å²) in [5.74, 6) is 0.799. The highest BCUT2D eigenvalue weighted by molar-refractivity contribution is 7.98. The molecular weight excluding hydrogens is 436 g/mol. The van der Waals surface area contributed by atoms with Gasteiger partial charge in [-0.1, -0.05) is 42.1 Å². The molecule has 0 unspecified atom stereocenters. The molecule has 7 nitrogen and oxygen atoms in total. The summed E-state index contributed by atoms with van der Waals surface area (Å²) in [5.41, 5.74) is 3.28. The normalized spacial score (nSPS) is 14.5. The van der Waals surface area contributed by atoms with E-state index < -0.39 is 0 Å². The van der Waals surface area contributed by atoms with E-state index in [9.17, 15) is 9.59 Å². The maximum absolute atomic E-state index is 13.3. The number of amides is 2. The Balaban J connectivity index is 1.36. The van der Waals surface area contributed by atoms with Gasteiger partial charge in [0.15, 0.2) is 5.58 Å². The van der Waals surface area contributed by atoms with Crippen molar-refractivity contribution in [2.45, 2.75) is 24.8 Å². The molecule has 0 spiro atoms. The molecule has 1 aromatic heterocycles. The average Bonchev–Trinajstić information content (AvgIpc) is 3.27. The number of thioether (sulfide) groups is 1. The molecule has 2 aromatic carbocycles. The summed E-state index contributed by atoms with van der Waals surface area (Å²) >= 11 is 1.49. The molecule has 174 valence electrons. The first-order valence-corrected chi connectivity index (χ1v) is 12.4. The molecular formula is C25H30N4O3S. The van der Waals surface area contributed by atoms with E-state index in [1.807, 2.05) is 72.2 Å². The first kappa shape index (κ1) is 23.3. The van der Waals surface area contributed by atoms with Gasteiger partial charge in [0, 0.05) is 50.6 Å². The SMILES string of the molecule is CCN(CC)C(=O)CN1CCN(C(=O)c2ccccc2CSc2nc3ccccc3o2)CC1. The van der Waals surface area contributed by atoms with E-state index in [0.29, 0.717) is 49.3 Å². The number of fused-ring (bicyclic) bond motifs is 1. The molecule has 0 N–H and O–H groups in total. The van der Waals surface area contributed by atoms with Crippen LogP contribution in [0.15, 0.2) is 58.2 Å². The van der Waals surface area contributed by atoms with Crippen LogP contribution in [0.5, 0.6) is 0 Å². The van der Waals surface area contributed by atoms with E-state index in [-0.39, 0.29) is 11.8 Å². The van der Waals surface area contributed by atoms with E-state index in [0.717, 1.165) is 29.8 Å². The predicted molar refractivity (Wildman–Crippen MR) is 130 cm³/mol. The van der Waals surface area contributed by atoms with Crippen LogP contribution >= 0.6 is 11.8 Å². The largest absolute Gasteiger partial charge is 0.431 e. The number of likely N-dealkylation sites (N-methyl/N-ethyl adjacent to an activating group) is 1. The van der Waals surface area contributed by atoms with Crippen molar-refractivity contribution < 1.29 is 14.0 Å². The highest BCUT2D eigenvalue weighted by atomic mass is 32.2. The third-order valence-corrected chi connectivity index (χ3v) is 6.88. The zero-order valence-electron chi connectivity index (χ0n) is 19.2. The van der Waals surface area contributed by atoms with Crippen molar-refractivity contribution in [3.63, 3.8) is 0 Å². The Morgan fingerprint density at radius 3 is 2.42 bits per heavy atom. The average molecular weight is 467 g/mol. The van der Waals surface area contributed by atoms with Crippen LogP contribution in [0.25, 0.3) is 11.1 Å². The maximum Gasteiger partial charge on any atom is 0.257 e. The summed E-state index contributed by atoms with van der Waals surface area (Å²) in [5, 5.41) is 0.602. The van der Waals surface area contributed by atoms with Crippen molar-refractivity contribution in [1.29, 1.82) is 0 Å². The second-order valence-corrected chi connectivity index (χ2v) is 8.95. The van der Waals surface area contributed by atoms with Crippen LogP contribution in [0.2, 0.25) is 0 Å². The molecule has 4 rings (SSSR count). The molecule has 0 radical (unpaired) electrons. The van der Waals surface area contributed by atoms with Crippen LogP contribution in [0.4, 0.5) is 0 Å². The van der Waals surface area contributed by atoms with Crippen LogP contribution < -0.4 is 0 Å². The van der Waals surface area contributed by atoms with Crippen molar-refractivity contribution in [3.8, 4) is 0 Å². The van der Waals surface area contributed by atoms with Crippen LogP contribution in [0, 0.1) is 0 Å².